The molecule has 1 amide bonds. The molecule has 1 aliphatic rings. The fraction of sp³-hybridized carbons (Fsp3) is 0.154. The second-order valence-corrected chi connectivity index (χ2v) is 8.13. The summed E-state index contributed by atoms with van der Waals surface area (Å²) in [7, 11) is 1.58. The average molecular weight is 446 g/mol. The van der Waals surface area contributed by atoms with E-state index in [0.717, 1.165) is 17.5 Å². The van der Waals surface area contributed by atoms with Crippen molar-refractivity contribution in [2.24, 2.45) is 0 Å². The molecule has 3 aromatic carbocycles. The minimum atomic E-state index is -0.653. The number of anilines is 1. The van der Waals surface area contributed by atoms with E-state index in [-0.39, 0.29) is 17.1 Å². The van der Waals surface area contributed by atoms with Gasteiger partial charge in [-0.3, -0.25) is 14.5 Å². The molecule has 0 spiro atoms. The second kappa shape index (κ2) is 7.84. The normalized spacial score (nSPS) is 15.3. The maximum atomic E-state index is 13.6. The number of methoxy groups -OCH3 is 1. The van der Waals surface area contributed by atoms with E-state index < -0.39 is 6.04 Å². The van der Waals surface area contributed by atoms with Crippen molar-refractivity contribution in [2.45, 2.75) is 19.4 Å². The van der Waals surface area contributed by atoms with Gasteiger partial charge in [-0.05, 0) is 60.0 Å². The summed E-state index contributed by atoms with van der Waals surface area (Å²) in [4.78, 5) is 28.8. The number of amides is 1. The Balaban J connectivity index is 1.79. The van der Waals surface area contributed by atoms with Crippen molar-refractivity contribution in [3.8, 4) is 5.75 Å². The third-order valence-corrected chi connectivity index (χ3v) is 6.10. The zero-order chi connectivity index (χ0) is 22.4. The molecule has 1 atom stereocenters. The van der Waals surface area contributed by atoms with Crippen molar-refractivity contribution in [1.82, 2.24) is 0 Å². The number of carbonyl (C=O) groups excluding carboxylic acids is 1. The van der Waals surface area contributed by atoms with Gasteiger partial charge in [0.1, 0.15) is 11.3 Å². The van der Waals surface area contributed by atoms with E-state index in [1.807, 2.05) is 48.5 Å². The third kappa shape index (κ3) is 3.17. The molecular formula is C26H20ClNO4. The van der Waals surface area contributed by atoms with Crippen LogP contribution in [0.3, 0.4) is 0 Å². The van der Waals surface area contributed by atoms with Gasteiger partial charge in [0.15, 0.2) is 5.43 Å². The largest absolute Gasteiger partial charge is 0.497 e. The topological polar surface area (TPSA) is 59.8 Å². The van der Waals surface area contributed by atoms with Crippen LogP contribution in [0.5, 0.6) is 5.75 Å². The first-order valence-corrected chi connectivity index (χ1v) is 10.7. The molecule has 5 rings (SSSR count). The molecule has 6 heteroatoms. The van der Waals surface area contributed by atoms with Crippen LogP contribution in [-0.2, 0) is 6.42 Å². The first kappa shape index (κ1) is 20.3. The number of rotatable bonds is 4. The highest BCUT2D eigenvalue weighted by atomic mass is 35.5. The lowest BCUT2D eigenvalue weighted by Crippen LogP contribution is -2.29. The summed E-state index contributed by atoms with van der Waals surface area (Å²) < 4.78 is 11.4. The van der Waals surface area contributed by atoms with Crippen molar-refractivity contribution in [1.29, 1.82) is 0 Å². The van der Waals surface area contributed by atoms with Crippen molar-refractivity contribution in [2.75, 3.05) is 12.0 Å². The van der Waals surface area contributed by atoms with E-state index in [0.29, 0.717) is 33.0 Å². The van der Waals surface area contributed by atoms with Gasteiger partial charge in [-0.2, -0.15) is 0 Å². The first-order valence-electron chi connectivity index (χ1n) is 10.3. The number of carbonyl (C=O) groups is 1. The van der Waals surface area contributed by atoms with Crippen molar-refractivity contribution in [3.05, 3.63) is 104 Å². The highest BCUT2D eigenvalue weighted by Crippen LogP contribution is 2.42. The molecule has 160 valence electrons. The minimum absolute atomic E-state index is 0.0530. The zero-order valence-electron chi connectivity index (χ0n) is 17.6. The molecule has 4 aromatic rings. The molecule has 1 aliphatic heterocycles. The highest BCUT2D eigenvalue weighted by Gasteiger charge is 2.43. The van der Waals surface area contributed by atoms with Crippen LogP contribution < -0.4 is 15.1 Å². The van der Waals surface area contributed by atoms with Gasteiger partial charge in [-0.1, -0.05) is 42.8 Å². The SMILES string of the molecule is CCc1ccc(N2C(=O)c3oc4ccc(Cl)cc4c(=O)c3C2c2cccc(OC)c2)cc1. The first-order chi connectivity index (χ1) is 15.5. The van der Waals surface area contributed by atoms with Gasteiger partial charge in [0, 0.05) is 10.7 Å². The van der Waals surface area contributed by atoms with E-state index >= 15 is 0 Å². The minimum Gasteiger partial charge on any atom is -0.497 e. The van der Waals surface area contributed by atoms with Crippen LogP contribution in [-0.4, -0.2) is 13.0 Å². The third-order valence-electron chi connectivity index (χ3n) is 5.86. The van der Waals surface area contributed by atoms with Crippen LogP contribution in [0.2, 0.25) is 5.02 Å². The number of fused-ring (bicyclic) bond motifs is 2. The summed E-state index contributed by atoms with van der Waals surface area (Å²) in [6.07, 6.45) is 0.889. The van der Waals surface area contributed by atoms with E-state index in [2.05, 4.69) is 6.92 Å². The molecule has 1 aromatic heterocycles. The molecule has 0 bridgehead atoms. The van der Waals surface area contributed by atoms with E-state index in [9.17, 15) is 9.59 Å². The maximum absolute atomic E-state index is 13.6. The Kier molecular flexibility index (Phi) is 4.98. The summed E-state index contributed by atoms with van der Waals surface area (Å²) >= 11 is 6.14. The molecule has 0 saturated carbocycles. The quantitative estimate of drug-likeness (QED) is 0.400. The van der Waals surface area contributed by atoms with Crippen molar-refractivity contribution < 1.29 is 13.9 Å². The zero-order valence-corrected chi connectivity index (χ0v) is 18.3. The Morgan fingerprint density at radius 2 is 1.81 bits per heavy atom. The van der Waals surface area contributed by atoms with Crippen LogP contribution in [0.15, 0.2) is 75.9 Å². The Hall–Kier alpha value is -3.57. The summed E-state index contributed by atoms with van der Waals surface area (Å²) in [6, 6.07) is 19.3. The average Bonchev–Trinajstić information content (AvgIpc) is 3.12. The van der Waals surface area contributed by atoms with Crippen LogP contribution >= 0.6 is 11.6 Å². The van der Waals surface area contributed by atoms with Gasteiger partial charge in [0.2, 0.25) is 5.76 Å². The Morgan fingerprint density at radius 3 is 2.53 bits per heavy atom. The maximum Gasteiger partial charge on any atom is 0.295 e. The fourth-order valence-corrected chi connectivity index (χ4v) is 4.40. The number of benzene rings is 3. The predicted octanol–water partition coefficient (Wildman–Crippen LogP) is 5.77. The molecule has 5 nitrogen and oxygen atoms in total. The Labute approximate surface area is 189 Å². The van der Waals surface area contributed by atoms with Gasteiger partial charge in [-0.25, -0.2) is 0 Å². The monoisotopic (exact) mass is 445 g/mol. The lowest BCUT2D eigenvalue weighted by molar-refractivity contribution is 0.0971. The van der Waals surface area contributed by atoms with Crippen LogP contribution in [0.4, 0.5) is 5.69 Å². The van der Waals surface area contributed by atoms with E-state index in [4.69, 9.17) is 20.8 Å². The number of nitrogens with zero attached hydrogens (tertiary/aromatic N) is 1. The number of hydrogen-bond acceptors (Lipinski definition) is 4. The van der Waals surface area contributed by atoms with Gasteiger partial charge >= 0.3 is 0 Å². The standard InChI is InChI=1S/C26H20ClNO4/c1-3-15-7-10-18(11-8-15)28-23(16-5-4-6-19(13-16)31-2)22-24(29)20-14-17(27)9-12-21(20)32-25(22)26(28)30/h4-14,23H,3H2,1-2H3. The molecular weight excluding hydrogens is 426 g/mol. The highest BCUT2D eigenvalue weighted by molar-refractivity contribution is 6.31. The summed E-state index contributed by atoms with van der Waals surface area (Å²) in [5.74, 6) is 0.334. The molecule has 0 fully saturated rings. The lowest BCUT2D eigenvalue weighted by atomic mass is 9.98. The summed E-state index contributed by atoms with van der Waals surface area (Å²) in [6.45, 7) is 2.07. The number of aryl methyl sites for hydroxylation is 1. The smallest absolute Gasteiger partial charge is 0.295 e. The summed E-state index contributed by atoms with van der Waals surface area (Å²) in [5.41, 5.74) is 2.97. The van der Waals surface area contributed by atoms with E-state index in [1.54, 1.807) is 30.2 Å². The Morgan fingerprint density at radius 1 is 1.03 bits per heavy atom. The Bertz CT molecular complexity index is 1410. The van der Waals surface area contributed by atoms with Crippen LogP contribution in [0.25, 0.3) is 11.0 Å². The number of hydrogen-bond donors (Lipinski definition) is 0. The van der Waals surface area contributed by atoms with Gasteiger partial charge in [0.05, 0.1) is 24.1 Å². The van der Waals surface area contributed by atoms with Gasteiger partial charge in [0.25, 0.3) is 5.91 Å². The fourth-order valence-electron chi connectivity index (χ4n) is 4.23. The van der Waals surface area contributed by atoms with Gasteiger partial charge in [-0.15, -0.1) is 0 Å². The molecule has 0 N–H and O–H groups in total. The van der Waals surface area contributed by atoms with Crippen LogP contribution in [0.1, 0.15) is 40.2 Å². The summed E-state index contributed by atoms with van der Waals surface area (Å²) in [5, 5.41) is 0.777. The molecule has 1 unspecified atom stereocenters. The second-order valence-electron chi connectivity index (χ2n) is 7.69. The molecule has 2 heterocycles. The number of ether oxygens (including phenoxy) is 1. The van der Waals surface area contributed by atoms with E-state index in [1.165, 1.54) is 0 Å². The molecule has 32 heavy (non-hydrogen) atoms. The van der Waals surface area contributed by atoms with Gasteiger partial charge < -0.3 is 9.15 Å². The molecule has 0 radical (unpaired) electrons. The van der Waals surface area contributed by atoms with Crippen LogP contribution in [0, 0.1) is 0 Å². The number of halogens is 1. The molecule has 0 aliphatic carbocycles. The molecule has 0 saturated heterocycles. The van der Waals surface area contributed by atoms with Crippen molar-refractivity contribution >= 4 is 34.2 Å². The predicted molar refractivity (Wildman–Crippen MR) is 125 cm³/mol. The van der Waals surface area contributed by atoms with Crippen molar-refractivity contribution in [3.63, 3.8) is 0 Å². The lowest BCUT2D eigenvalue weighted by Gasteiger charge is -2.25.